The van der Waals surface area contributed by atoms with Gasteiger partial charge in [0, 0.05) is 6.54 Å². The summed E-state index contributed by atoms with van der Waals surface area (Å²) in [5.74, 6) is 0. The second-order valence-corrected chi connectivity index (χ2v) is 2.76. The molecule has 1 rings (SSSR count). The summed E-state index contributed by atoms with van der Waals surface area (Å²) in [5, 5.41) is 9.96. The summed E-state index contributed by atoms with van der Waals surface area (Å²) in [6.45, 7) is 1.73. The molecule has 0 unspecified atom stereocenters. The minimum absolute atomic E-state index is 0.148. The molecule has 0 saturated heterocycles. The normalized spacial score (nSPS) is 10.1. The van der Waals surface area contributed by atoms with E-state index in [9.17, 15) is 19.7 Å². The first kappa shape index (κ1) is 10.5. The average Bonchev–Trinajstić information content (AvgIpc) is 2.02. The highest BCUT2D eigenvalue weighted by Crippen LogP contribution is 2.16. The number of aromatic nitrogens is 2. The van der Waals surface area contributed by atoms with E-state index in [0.29, 0.717) is 0 Å². The van der Waals surface area contributed by atoms with Gasteiger partial charge in [-0.05, 0) is 6.92 Å². The van der Waals surface area contributed by atoms with Crippen molar-refractivity contribution >= 4 is 17.3 Å². The second-order valence-electron chi connectivity index (χ2n) is 2.40. The van der Waals surface area contributed by atoms with Crippen LogP contribution in [0.1, 0.15) is 6.92 Å². The van der Waals surface area contributed by atoms with Gasteiger partial charge >= 0.3 is 16.9 Å². The molecule has 1 heterocycles. The van der Waals surface area contributed by atoms with Crippen molar-refractivity contribution in [2.75, 3.05) is 0 Å². The zero-order chi connectivity index (χ0) is 10.9. The van der Waals surface area contributed by atoms with Gasteiger partial charge in [0.2, 0.25) is 0 Å². The van der Waals surface area contributed by atoms with E-state index < -0.39 is 27.0 Å². The van der Waals surface area contributed by atoms with E-state index in [1.165, 1.54) is 0 Å². The highest BCUT2D eigenvalue weighted by molar-refractivity contribution is 6.31. The number of hydrogen-bond acceptors (Lipinski definition) is 4. The Morgan fingerprint density at radius 1 is 1.57 bits per heavy atom. The van der Waals surface area contributed by atoms with Gasteiger partial charge in [-0.1, -0.05) is 11.6 Å². The van der Waals surface area contributed by atoms with E-state index in [4.69, 9.17) is 11.6 Å². The fourth-order valence-electron chi connectivity index (χ4n) is 0.975. The maximum atomic E-state index is 11.1. The standard InChI is InChI=1S/C6H6ClN3O4/c1-2-9-4(7)3(10(13)14)5(11)8-6(9)12/h2H2,1H3,(H,8,11,12). The first-order valence-corrected chi connectivity index (χ1v) is 4.03. The van der Waals surface area contributed by atoms with Gasteiger partial charge in [0.25, 0.3) is 0 Å². The van der Waals surface area contributed by atoms with Crippen LogP contribution in [0.3, 0.4) is 0 Å². The van der Waals surface area contributed by atoms with E-state index in [1.54, 1.807) is 11.9 Å². The molecule has 0 bridgehead atoms. The molecule has 0 fully saturated rings. The van der Waals surface area contributed by atoms with Crippen molar-refractivity contribution in [3.05, 3.63) is 36.1 Å². The molecule has 0 aliphatic rings. The summed E-state index contributed by atoms with van der Waals surface area (Å²) in [4.78, 5) is 33.3. The first-order chi connectivity index (χ1) is 6.49. The lowest BCUT2D eigenvalue weighted by Gasteiger charge is -2.02. The van der Waals surface area contributed by atoms with Crippen LogP contribution in [0.15, 0.2) is 9.59 Å². The van der Waals surface area contributed by atoms with Crippen molar-refractivity contribution in [3.8, 4) is 0 Å². The molecule has 76 valence electrons. The summed E-state index contributed by atoms with van der Waals surface area (Å²) in [5.41, 5.74) is -2.66. The summed E-state index contributed by atoms with van der Waals surface area (Å²) in [6.07, 6.45) is 0. The molecular formula is C6H6ClN3O4. The lowest BCUT2D eigenvalue weighted by Crippen LogP contribution is -2.31. The number of nitrogens with zero attached hydrogens (tertiary/aromatic N) is 2. The largest absolute Gasteiger partial charge is 0.369 e. The molecule has 8 heteroatoms. The van der Waals surface area contributed by atoms with Gasteiger partial charge < -0.3 is 0 Å². The van der Waals surface area contributed by atoms with Crippen LogP contribution in [-0.2, 0) is 6.54 Å². The summed E-state index contributed by atoms with van der Waals surface area (Å²) in [7, 11) is 0. The van der Waals surface area contributed by atoms with Gasteiger partial charge in [-0.25, -0.2) is 4.79 Å². The van der Waals surface area contributed by atoms with Crippen LogP contribution in [0.2, 0.25) is 5.15 Å². The molecule has 0 spiro atoms. The Labute approximate surface area is 82.1 Å². The predicted octanol–water partition coefficient (Wildman–Crippen LogP) is 0.118. The summed E-state index contributed by atoms with van der Waals surface area (Å²) in [6, 6.07) is 0. The zero-order valence-electron chi connectivity index (χ0n) is 7.11. The van der Waals surface area contributed by atoms with Gasteiger partial charge in [-0.2, -0.15) is 0 Å². The number of nitro groups is 1. The molecule has 0 saturated carbocycles. The van der Waals surface area contributed by atoms with E-state index >= 15 is 0 Å². The van der Waals surface area contributed by atoms with Crippen molar-refractivity contribution in [2.45, 2.75) is 13.5 Å². The van der Waals surface area contributed by atoms with Gasteiger partial charge in [-0.3, -0.25) is 24.5 Å². The number of rotatable bonds is 2. The molecule has 1 aromatic rings. The Morgan fingerprint density at radius 3 is 2.57 bits per heavy atom. The average molecular weight is 220 g/mol. The molecule has 0 amide bonds. The fourth-order valence-corrected chi connectivity index (χ4v) is 1.33. The second kappa shape index (κ2) is 3.62. The Kier molecular flexibility index (Phi) is 2.70. The van der Waals surface area contributed by atoms with E-state index in [-0.39, 0.29) is 6.54 Å². The van der Waals surface area contributed by atoms with Crippen LogP contribution in [-0.4, -0.2) is 14.5 Å². The molecule has 0 aromatic carbocycles. The molecule has 1 N–H and O–H groups in total. The van der Waals surface area contributed by atoms with E-state index in [1.807, 2.05) is 0 Å². The first-order valence-electron chi connectivity index (χ1n) is 3.66. The number of hydrogen-bond donors (Lipinski definition) is 1. The molecular weight excluding hydrogens is 214 g/mol. The van der Waals surface area contributed by atoms with Gasteiger partial charge in [0.15, 0.2) is 5.15 Å². The Morgan fingerprint density at radius 2 is 2.14 bits per heavy atom. The van der Waals surface area contributed by atoms with Gasteiger partial charge in [0.05, 0.1) is 4.92 Å². The lowest BCUT2D eigenvalue weighted by atomic mass is 10.5. The maximum Gasteiger partial charge on any atom is 0.369 e. The molecule has 0 radical (unpaired) electrons. The molecule has 14 heavy (non-hydrogen) atoms. The van der Waals surface area contributed by atoms with Crippen LogP contribution in [0.4, 0.5) is 5.69 Å². The van der Waals surface area contributed by atoms with Crippen molar-refractivity contribution in [2.24, 2.45) is 0 Å². The molecule has 1 aromatic heterocycles. The molecule has 0 atom stereocenters. The highest BCUT2D eigenvalue weighted by Gasteiger charge is 2.22. The summed E-state index contributed by atoms with van der Waals surface area (Å²) >= 11 is 5.52. The topological polar surface area (TPSA) is 98.0 Å². The van der Waals surface area contributed by atoms with E-state index in [2.05, 4.69) is 0 Å². The molecule has 0 aliphatic carbocycles. The third kappa shape index (κ3) is 1.53. The Balaban J connectivity index is 3.69. The summed E-state index contributed by atoms with van der Waals surface area (Å²) < 4.78 is 0.904. The molecule has 7 nitrogen and oxygen atoms in total. The molecule has 0 aliphatic heterocycles. The number of nitrogens with one attached hydrogen (secondary N) is 1. The Hall–Kier alpha value is -1.63. The Bertz CT molecular complexity index is 489. The van der Waals surface area contributed by atoms with Crippen molar-refractivity contribution in [1.29, 1.82) is 0 Å². The fraction of sp³-hybridized carbons (Fsp3) is 0.333. The third-order valence-corrected chi connectivity index (χ3v) is 1.99. The van der Waals surface area contributed by atoms with Gasteiger partial charge in [-0.15, -0.1) is 0 Å². The van der Waals surface area contributed by atoms with Crippen molar-refractivity contribution < 1.29 is 4.92 Å². The lowest BCUT2D eigenvalue weighted by molar-refractivity contribution is -0.386. The van der Waals surface area contributed by atoms with Crippen molar-refractivity contribution in [3.63, 3.8) is 0 Å². The highest BCUT2D eigenvalue weighted by atomic mass is 35.5. The minimum Gasteiger partial charge on any atom is -0.278 e. The quantitative estimate of drug-likeness (QED) is 0.434. The van der Waals surface area contributed by atoms with E-state index in [0.717, 1.165) is 4.57 Å². The number of halogens is 1. The third-order valence-electron chi connectivity index (χ3n) is 1.61. The minimum atomic E-state index is -1.09. The zero-order valence-corrected chi connectivity index (χ0v) is 7.87. The van der Waals surface area contributed by atoms with Crippen LogP contribution in [0.25, 0.3) is 0 Å². The van der Waals surface area contributed by atoms with Crippen LogP contribution in [0, 0.1) is 10.1 Å². The van der Waals surface area contributed by atoms with Gasteiger partial charge in [0.1, 0.15) is 0 Å². The SMILES string of the molecule is CCn1c(Cl)c([N+](=O)[O-])c(=O)[nH]c1=O. The van der Waals surface area contributed by atoms with Crippen LogP contribution in [0.5, 0.6) is 0 Å². The maximum absolute atomic E-state index is 11.1. The number of aromatic amines is 1. The predicted molar refractivity (Wildman–Crippen MR) is 48.7 cm³/mol. The van der Waals surface area contributed by atoms with Crippen LogP contribution < -0.4 is 11.2 Å². The van der Waals surface area contributed by atoms with Crippen molar-refractivity contribution in [1.82, 2.24) is 9.55 Å². The smallest absolute Gasteiger partial charge is 0.278 e. The monoisotopic (exact) mass is 219 g/mol. The van der Waals surface area contributed by atoms with Crippen LogP contribution >= 0.6 is 11.6 Å². The number of H-pyrrole nitrogens is 1.